The molecule has 2 atom stereocenters. The number of methoxy groups -OCH3 is 1. The van der Waals surface area contributed by atoms with Gasteiger partial charge >= 0.3 is 0 Å². The van der Waals surface area contributed by atoms with E-state index in [1.54, 1.807) is 18.3 Å². The Balaban J connectivity index is 1.91. The molecule has 0 radical (unpaired) electrons. The molecule has 3 rings (SSSR count). The minimum atomic E-state index is -0.461. The van der Waals surface area contributed by atoms with Crippen LogP contribution in [0, 0.1) is 11.7 Å². The van der Waals surface area contributed by atoms with Crippen LogP contribution < -0.4 is 14.8 Å². The van der Waals surface area contributed by atoms with Gasteiger partial charge in [0.15, 0.2) is 23.4 Å². The van der Waals surface area contributed by atoms with Gasteiger partial charge in [0.25, 0.3) is 0 Å². The average molecular weight is 292 g/mol. The molecule has 1 N–H and O–H groups in total. The number of hydrogen-bond acceptors (Lipinski definition) is 5. The molecule has 2 heterocycles. The van der Waals surface area contributed by atoms with Crippen LogP contribution in [-0.4, -0.2) is 25.2 Å². The predicted molar refractivity (Wildman–Crippen MR) is 73.8 cm³/mol. The number of ether oxygens (including phenoxy) is 2. The Bertz CT molecular complexity index is 583. The molecule has 21 heavy (non-hydrogen) atoms. The van der Waals surface area contributed by atoms with Crippen molar-refractivity contribution in [1.29, 1.82) is 0 Å². The quantitative estimate of drug-likeness (QED) is 0.918. The number of para-hydroxylation sites is 1. The smallest absolute Gasteiger partial charge is 0.235 e. The minimum Gasteiger partial charge on any atom is -0.493 e. The van der Waals surface area contributed by atoms with Crippen molar-refractivity contribution in [2.45, 2.75) is 12.5 Å². The van der Waals surface area contributed by atoms with Gasteiger partial charge in [-0.3, -0.25) is 0 Å². The van der Waals surface area contributed by atoms with E-state index in [4.69, 9.17) is 13.9 Å². The topological polar surface area (TPSA) is 56.5 Å². The summed E-state index contributed by atoms with van der Waals surface area (Å²) in [5.74, 6) is 0.617. The summed E-state index contributed by atoms with van der Waals surface area (Å²) in [6.07, 6.45) is 3.53. The van der Waals surface area contributed by atoms with Crippen LogP contribution in [0.15, 0.2) is 35.1 Å². The number of aromatic nitrogens is 1. The van der Waals surface area contributed by atoms with Gasteiger partial charge in [-0.15, -0.1) is 0 Å². The molecule has 1 fully saturated rings. The highest BCUT2D eigenvalue weighted by molar-refractivity contribution is 5.41. The second kappa shape index (κ2) is 6.13. The number of nitrogens with one attached hydrogen (secondary N) is 1. The van der Waals surface area contributed by atoms with Gasteiger partial charge in [-0.05, 0) is 25.1 Å². The molecule has 0 aliphatic carbocycles. The lowest BCUT2D eigenvalue weighted by Crippen LogP contribution is -2.22. The highest BCUT2D eigenvalue weighted by atomic mass is 19.1. The Morgan fingerprint density at radius 3 is 3.05 bits per heavy atom. The molecule has 1 aromatic heterocycles. The summed E-state index contributed by atoms with van der Waals surface area (Å²) in [6.45, 7) is 1.68. The molecular formula is C15H17FN2O3. The molecule has 1 saturated heterocycles. The highest BCUT2D eigenvalue weighted by Crippen LogP contribution is 2.37. The van der Waals surface area contributed by atoms with E-state index in [0.717, 1.165) is 19.5 Å². The minimum absolute atomic E-state index is 0.0927. The van der Waals surface area contributed by atoms with Gasteiger partial charge in [0.05, 0.1) is 13.3 Å². The van der Waals surface area contributed by atoms with Crippen LogP contribution >= 0.6 is 0 Å². The molecule has 6 heteroatoms. The van der Waals surface area contributed by atoms with Crippen molar-refractivity contribution in [3.8, 4) is 11.5 Å². The normalized spacial score (nSPS) is 19.4. The van der Waals surface area contributed by atoms with Crippen LogP contribution in [0.1, 0.15) is 18.4 Å². The third kappa shape index (κ3) is 2.85. The number of rotatable bonds is 5. The van der Waals surface area contributed by atoms with E-state index in [0.29, 0.717) is 11.6 Å². The summed E-state index contributed by atoms with van der Waals surface area (Å²) in [5, 5.41) is 3.27. The van der Waals surface area contributed by atoms with Crippen molar-refractivity contribution >= 4 is 0 Å². The van der Waals surface area contributed by atoms with Gasteiger partial charge in [-0.1, -0.05) is 6.07 Å². The second-order valence-electron chi connectivity index (χ2n) is 4.93. The van der Waals surface area contributed by atoms with Crippen LogP contribution in [0.25, 0.3) is 0 Å². The van der Waals surface area contributed by atoms with Crippen molar-refractivity contribution in [2.24, 2.45) is 5.92 Å². The maximum absolute atomic E-state index is 14.1. The Morgan fingerprint density at radius 1 is 1.48 bits per heavy atom. The van der Waals surface area contributed by atoms with E-state index in [9.17, 15) is 4.39 Å². The fourth-order valence-electron chi connectivity index (χ4n) is 2.55. The number of hydrogen-bond donors (Lipinski definition) is 1. The molecule has 2 aromatic rings. The average Bonchev–Trinajstić information content (AvgIpc) is 3.19. The van der Waals surface area contributed by atoms with Gasteiger partial charge in [-0.25, -0.2) is 9.37 Å². The molecule has 5 nitrogen and oxygen atoms in total. The Morgan fingerprint density at radius 2 is 2.38 bits per heavy atom. The molecular weight excluding hydrogens is 275 g/mol. The summed E-state index contributed by atoms with van der Waals surface area (Å²) in [7, 11) is 1.49. The lowest BCUT2D eigenvalue weighted by Gasteiger charge is -2.22. The number of halogens is 1. The fraction of sp³-hybridized carbons (Fsp3) is 0.400. The van der Waals surface area contributed by atoms with E-state index in [-0.39, 0.29) is 11.7 Å². The molecule has 112 valence electrons. The SMILES string of the molecule is COc1cccc(F)c1OC(c1ncco1)[C@H]1CCNC1. The molecule has 0 bridgehead atoms. The molecule has 1 aliphatic rings. The van der Waals surface area contributed by atoms with Crippen LogP contribution in [0.4, 0.5) is 4.39 Å². The second-order valence-corrected chi connectivity index (χ2v) is 4.93. The summed E-state index contributed by atoms with van der Waals surface area (Å²) >= 11 is 0. The molecule has 0 saturated carbocycles. The van der Waals surface area contributed by atoms with Crippen LogP contribution in [-0.2, 0) is 0 Å². The van der Waals surface area contributed by atoms with E-state index in [1.807, 2.05) is 0 Å². The standard InChI is InChI=1S/C15H17FN2O3/c1-19-12-4-2-3-11(16)14(12)21-13(10-5-6-17-9-10)15-18-7-8-20-15/h2-4,7-8,10,13,17H,5-6,9H2,1H3/t10-,13?/m0/s1. The monoisotopic (exact) mass is 292 g/mol. The Kier molecular flexibility index (Phi) is 4.06. The number of oxazole rings is 1. The summed E-state index contributed by atoms with van der Waals surface area (Å²) in [5.41, 5.74) is 0. The fourth-order valence-corrected chi connectivity index (χ4v) is 2.55. The van der Waals surface area contributed by atoms with Gasteiger partial charge < -0.3 is 19.2 Å². The predicted octanol–water partition coefficient (Wildman–Crippen LogP) is 2.55. The van der Waals surface area contributed by atoms with Gasteiger partial charge in [0, 0.05) is 12.5 Å². The molecule has 1 aromatic carbocycles. The summed E-state index contributed by atoms with van der Waals surface area (Å²) < 4.78 is 30.5. The van der Waals surface area contributed by atoms with Crippen molar-refractivity contribution < 1.29 is 18.3 Å². The van der Waals surface area contributed by atoms with Gasteiger partial charge in [0.1, 0.15) is 6.26 Å². The van der Waals surface area contributed by atoms with E-state index >= 15 is 0 Å². The first-order chi connectivity index (χ1) is 10.3. The van der Waals surface area contributed by atoms with Crippen LogP contribution in [0.3, 0.4) is 0 Å². The Hall–Kier alpha value is -2.08. The van der Waals surface area contributed by atoms with Gasteiger partial charge in [-0.2, -0.15) is 0 Å². The molecule has 1 aliphatic heterocycles. The largest absolute Gasteiger partial charge is 0.493 e. The van der Waals surface area contributed by atoms with Crippen molar-refractivity contribution in [3.63, 3.8) is 0 Å². The number of nitrogens with zero attached hydrogens (tertiary/aromatic N) is 1. The third-order valence-electron chi connectivity index (χ3n) is 3.62. The first-order valence-electron chi connectivity index (χ1n) is 6.89. The third-order valence-corrected chi connectivity index (χ3v) is 3.62. The van der Waals surface area contributed by atoms with E-state index in [1.165, 1.54) is 19.4 Å². The zero-order valence-electron chi connectivity index (χ0n) is 11.7. The highest BCUT2D eigenvalue weighted by Gasteiger charge is 2.32. The summed E-state index contributed by atoms with van der Waals surface area (Å²) in [4.78, 5) is 4.16. The Labute approximate surface area is 122 Å². The molecule has 0 amide bonds. The van der Waals surface area contributed by atoms with E-state index in [2.05, 4.69) is 10.3 Å². The number of benzene rings is 1. The zero-order valence-corrected chi connectivity index (χ0v) is 11.7. The van der Waals surface area contributed by atoms with Crippen LogP contribution in [0.2, 0.25) is 0 Å². The lowest BCUT2D eigenvalue weighted by molar-refractivity contribution is 0.105. The van der Waals surface area contributed by atoms with Crippen molar-refractivity contribution in [2.75, 3.05) is 20.2 Å². The maximum atomic E-state index is 14.1. The first kappa shape index (κ1) is 13.9. The van der Waals surface area contributed by atoms with Crippen molar-refractivity contribution in [3.05, 3.63) is 42.4 Å². The molecule has 0 spiro atoms. The maximum Gasteiger partial charge on any atom is 0.235 e. The zero-order chi connectivity index (χ0) is 14.7. The van der Waals surface area contributed by atoms with Gasteiger partial charge in [0.2, 0.25) is 5.89 Å². The molecule has 1 unspecified atom stereocenters. The van der Waals surface area contributed by atoms with Crippen LogP contribution in [0.5, 0.6) is 11.5 Å². The van der Waals surface area contributed by atoms with Crippen molar-refractivity contribution in [1.82, 2.24) is 10.3 Å². The lowest BCUT2D eigenvalue weighted by atomic mass is 10.0. The van der Waals surface area contributed by atoms with E-state index < -0.39 is 11.9 Å². The summed E-state index contributed by atoms with van der Waals surface area (Å²) in [6, 6.07) is 4.59. The first-order valence-corrected chi connectivity index (χ1v) is 6.89.